The first-order valence-corrected chi connectivity index (χ1v) is 1.80. The summed E-state index contributed by atoms with van der Waals surface area (Å²) in [6.07, 6.45) is 3.18. The van der Waals surface area contributed by atoms with Gasteiger partial charge >= 0.3 is 0 Å². The lowest BCUT2D eigenvalue weighted by Crippen LogP contribution is -1.45. The molecule has 0 bridgehead atoms. The molecule has 0 spiro atoms. The van der Waals surface area contributed by atoms with E-state index in [2.05, 4.69) is 6.42 Å². The van der Waals surface area contributed by atoms with Crippen LogP contribution in [0.3, 0.4) is 0 Å². The van der Waals surface area contributed by atoms with Gasteiger partial charge in [-0.3, -0.25) is 0 Å². The third kappa shape index (κ3) is 0.352. The predicted octanol–water partition coefficient (Wildman–Crippen LogP) is 1.20. The van der Waals surface area contributed by atoms with Crippen LogP contribution in [0.4, 0.5) is 0 Å². The molecule has 1 aliphatic carbocycles. The van der Waals surface area contributed by atoms with Crippen molar-refractivity contribution in [3.8, 4) is 0 Å². The maximum absolute atomic E-state index is 5.33. The molecular weight excluding hydrogens is 71.5 g/mol. The van der Waals surface area contributed by atoms with E-state index in [4.69, 9.17) is 11.6 Å². The molecule has 0 aromatic rings. The summed E-state index contributed by atoms with van der Waals surface area (Å²) >= 11 is 5.33. The minimum Gasteiger partial charge on any atom is -0.123 e. The molecule has 0 aliphatic heterocycles. The van der Waals surface area contributed by atoms with Gasteiger partial charge in [-0.1, -0.05) is 0 Å². The zero-order valence-corrected chi connectivity index (χ0v) is 3.00. The van der Waals surface area contributed by atoms with E-state index in [1.54, 1.807) is 0 Å². The molecule has 0 N–H and O–H groups in total. The Kier molecular flexibility index (Phi) is 0.389. The minimum atomic E-state index is 0.431. The first-order valence-electron chi connectivity index (χ1n) is 1.37. The SMILES string of the molecule is ClC1[CH]C1. The van der Waals surface area contributed by atoms with Crippen LogP contribution in [0.5, 0.6) is 0 Å². The normalized spacial score (nSPS) is 26.2. The lowest BCUT2D eigenvalue weighted by Gasteiger charge is -1.50. The fourth-order valence-corrected chi connectivity index (χ4v) is 0.154. The van der Waals surface area contributed by atoms with Crippen LogP contribution in [0, 0.1) is 6.42 Å². The van der Waals surface area contributed by atoms with Crippen molar-refractivity contribution in [1.82, 2.24) is 0 Å². The van der Waals surface area contributed by atoms with E-state index in [1.165, 1.54) is 0 Å². The molecule has 1 radical (unpaired) electrons. The van der Waals surface area contributed by atoms with Gasteiger partial charge in [-0.25, -0.2) is 0 Å². The molecule has 1 unspecified atom stereocenters. The fourth-order valence-electron chi connectivity index (χ4n) is 0.0514. The van der Waals surface area contributed by atoms with Crippen molar-refractivity contribution in [3.05, 3.63) is 6.42 Å². The van der Waals surface area contributed by atoms with Gasteiger partial charge in [0.1, 0.15) is 0 Å². The average molecular weight is 75.5 g/mol. The molecule has 23 valence electrons. The van der Waals surface area contributed by atoms with Gasteiger partial charge in [0.25, 0.3) is 0 Å². The van der Waals surface area contributed by atoms with Crippen LogP contribution in [0.15, 0.2) is 0 Å². The second-order valence-corrected chi connectivity index (χ2v) is 1.55. The Morgan fingerprint density at radius 2 is 2.25 bits per heavy atom. The Morgan fingerprint density at radius 3 is 2.25 bits per heavy atom. The average Bonchev–Trinajstić information content (AvgIpc) is 1.75. The quantitative estimate of drug-likeness (QED) is 0.380. The van der Waals surface area contributed by atoms with Gasteiger partial charge < -0.3 is 0 Å². The summed E-state index contributed by atoms with van der Waals surface area (Å²) < 4.78 is 0. The topological polar surface area (TPSA) is 0 Å². The highest BCUT2D eigenvalue weighted by atomic mass is 35.5. The maximum Gasteiger partial charge on any atom is 0.0371 e. The molecule has 0 saturated heterocycles. The van der Waals surface area contributed by atoms with Crippen LogP contribution in [-0.4, -0.2) is 5.38 Å². The summed E-state index contributed by atoms with van der Waals surface area (Å²) in [6.45, 7) is 0. The van der Waals surface area contributed by atoms with Crippen LogP contribution < -0.4 is 0 Å². The summed E-state index contributed by atoms with van der Waals surface area (Å²) in [5.41, 5.74) is 0. The first-order chi connectivity index (χ1) is 1.89. The minimum absolute atomic E-state index is 0.431. The zero-order chi connectivity index (χ0) is 2.99. The number of halogens is 1. The van der Waals surface area contributed by atoms with E-state index in [9.17, 15) is 0 Å². The molecule has 1 atom stereocenters. The molecular formula is C3H4Cl. The van der Waals surface area contributed by atoms with Gasteiger partial charge in [0.05, 0.1) is 0 Å². The molecule has 0 heterocycles. The van der Waals surface area contributed by atoms with E-state index < -0.39 is 0 Å². The summed E-state index contributed by atoms with van der Waals surface area (Å²) in [6, 6.07) is 0. The van der Waals surface area contributed by atoms with Gasteiger partial charge in [-0.05, 0) is 12.8 Å². The molecule has 1 aliphatic rings. The van der Waals surface area contributed by atoms with E-state index >= 15 is 0 Å². The van der Waals surface area contributed by atoms with E-state index in [0.717, 1.165) is 6.42 Å². The summed E-state index contributed by atoms with van der Waals surface area (Å²) in [4.78, 5) is 0. The van der Waals surface area contributed by atoms with Crippen molar-refractivity contribution in [3.63, 3.8) is 0 Å². The Morgan fingerprint density at radius 1 is 2.00 bits per heavy atom. The molecule has 1 saturated carbocycles. The summed E-state index contributed by atoms with van der Waals surface area (Å²) in [5.74, 6) is 0. The van der Waals surface area contributed by atoms with Gasteiger partial charge in [0, 0.05) is 5.38 Å². The third-order valence-electron chi connectivity index (χ3n) is 0.414. The van der Waals surface area contributed by atoms with Crippen molar-refractivity contribution in [1.29, 1.82) is 0 Å². The molecule has 0 amide bonds. The third-order valence-corrected chi connectivity index (χ3v) is 0.770. The highest BCUT2D eigenvalue weighted by Gasteiger charge is 2.16. The number of alkyl halides is 1. The number of rotatable bonds is 0. The molecule has 4 heavy (non-hydrogen) atoms. The standard InChI is InChI=1S/C3H4Cl/c4-3-1-2-3/h1,3H,2H2. The van der Waals surface area contributed by atoms with Crippen LogP contribution in [0.25, 0.3) is 0 Å². The largest absolute Gasteiger partial charge is 0.123 e. The highest BCUT2D eigenvalue weighted by Crippen LogP contribution is 2.23. The van der Waals surface area contributed by atoms with E-state index in [-0.39, 0.29) is 0 Å². The van der Waals surface area contributed by atoms with Crippen LogP contribution >= 0.6 is 11.6 Å². The highest BCUT2D eigenvalue weighted by molar-refractivity contribution is 6.23. The van der Waals surface area contributed by atoms with Crippen molar-refractivity contribution in [2.75, 3.05) is 0 Å². The van der Waals surface area contributed by atoms with Gasteiger partial charge in [0.2, 0.25) is 0 Å². The molecule has 1 fully saturated rings. The molecule has 0 aromatic heterocycles. The second kappa shape index (κ2) is 0.617. The van der Waals surface area contributed by atoms with Gasteiger partial charge in [-0.15, -0.1) is 11.6 Å². The lowest BCUT2D eigenvalue weighted by atomic mass is 11.0. The maximum atomic E-state index is 5.33. The smallest absolute Gasteiger partial charge is 0.0371 e. The summed E-state index contributed by atoms with van der Waals surface area (Å²) in [7, 11) is 0. The van der Waals surface area contributed by atoms with Crippen LogP contribution in [0.1, 0.15) is 6.42 Å². The predicted molar refractivity (Wildman–Crippen MR) is 18.6 cm³/mol. The van der Waals surface area contributed by atoms with Crippen molar-refractivity contribution < 1.29 is 0 Å². The zero-order valence-electron chi connectivity index (χ0n) is 2.24. The molecule has 0 aromatic carbocycles. The second-order valence-electron chi connectivity index (χ2n) is 0.987. The molecule has 0 nitrogen and oxygen atoms in total. The Bertz CT molecular complexity index is 22.5. The first kappa shape index (κ1) is 2.52. The van der Waals surface area contributed by atoms with Crippen molar-refractivity contribution in [2.24, 2.45) is 0 Å². The summed E-state index contributed by atoms with van der Waals surface area (Å²) in [5, 5.41) is 0.431. The fraction of sp³-hybridized carbons (Fsp3) is 0.667. The van der Waals surface area contributed by atoms with Crippen LogP contribution in [0.2, 0.25) is 0 Å². The van der Waals surface area contributed by atoms with Gasteiger partial charge in [0.15, 0.2) is 0 Å². The van der Waals surface area contributed by atoms with E-state index in [1.807, 2.05) is 0 Å². The lowest BCUT2D eigenvalue weighted by molar-refractivity contribution is 1.50. The Hall–Kier alpha value is 0.290. The van der Waals surface area contributed by atoms with Gasteiger partial charge in [-0.2, -0.15) is 0 Å². The number of hydrogen-bond donors (Lipinski definition) is 0. The Balaban J connectivity index is 2.17. The van der Waals surface area contributed by atoms with Crippen molar-refractivity contribution in [2.45, 2.75) is 11.8 Å². The molecule has 1 heteroatoms. The van der Waals surface area contributed by atoms with Crippen molar-refractivity contribution >= 4 is 11.6 Å². The Labute approximate surface area is 30.8 Å². The van der Waals surface area contributed by atoms with Crippen LogP contribution in [-0.2, 0) is 0 Å². The number of hydrogen-bond acceptors (Lipinski definition) is 0. The molecule has 1 rings (SSSR count). The monoisotopic (exact) mass is 75.0 g/mol. The van der Waals surface area contributed by atoms with E-state index in [0.29, 0.717) is 5.38 Å².